The number of H-pyrrole nitrogens is 1. The van der Waals surface area contributed by atoms with Gasteiger partial charge in [0.05, 0.1) is 0 Å². The van der Waals surface area contributed by atoms with Crippen LogP contribution in [0.4, 0.5) is 0 Å². The molecule has 0 spiro atoms. The molecule has 2 heteroatoms. The number of fused-ring (bicyclic) bond motifs is 1. The van der Waals surface area contributed by atoms with Gasteiger partial charge in [0.15, 0.2) is 0 Å². The predicted octanol–water partition coefficient (Wildman–Crippen LogP) is 2.64. The summed E-state index contributed by atoms with van der Waals surface area (Å²) in [5, 5.41) is 3.72. The highest BCUT2D eigenvalue weighted by Crippen LogP contribution is 2.30. The van der Waals surface area contributed by atoms with Crippen molar-refractivity contribution in [2.75, 3.05) is 0 Å². The number of hydrogen-bond acceptors (Lipinski definition) is 1. The van der Waals surface area contributed by atoms with E-state index in [1.807, 2.05) is 0 Å². The van der Waals surface area contributed by atoms with Crippen LogP contribution in [0.3, 0.4) is 0 Å². The van der Waals surface area contributed by atoms with E-state index in [0.29, 0.717) is 18.0 Å². The Hall–Kier alpha value is -0.760. The summed E-state index contributed by atoms with van der Waals surface area (Å²) in [7, 11) is 0. The second-order valence-electron chi connectivity index (χ2n) is 4.61. The molecule has 2 rings (SSSR count). The Kier molecular flexibility index (Phi) is 2.64. The minimum absolute atomic E-state index is 0.537. The standard InChI is InChI=1S/C12H20N2/c1-4-9-7-11-10(5-6-13-11)12(14-9)8(2)3/h5-6,8-9,12-14H,4,7H2,1-3H3/t9-,12+/m1/s1. The fourth-order valence-corrected chi connectivity index (χ4v) is 2.35. The molecule has 0 aliphatic carbocycles. The highest BCUT2D eigenvalue weighted by molar-refractivity contribution is 5.28. The van der Waals surface area contributed by atoms with Gasteiger partial charge in [0.2, 0.25) is 0 Å². The average Bonchev–Trinajstić information content (AvgIpc) is 2.63. The minimum atomic E-state index is 0.537. The largest absolute Gasteiger partial charge is 0.365 e. The van der Waals surface area contributed by atoms with Crippen LogP contribution in [0, 0.1) is 5.92 Å². The molecule has 0 saturated carbocycles. The quantitative estimate of drug-likeness (QED) is 0.740. The van der Waals surface area contributed by atoms with Gasteiger partial charge in [-0.25, -0.2) is 0 Å². The van der Waals surface area contributed by atoms with E-state index in [-0.39, 0.29) is 0 Å². The van der Waals surface area contributed by atoms with Crippen LogP contribution in [0.15, 0.2) is 12.3 Å². The number of hydrogen-bond donors (Lipinski definition) is 2. The maximum Gasteiger partial charge on any atom is 0.0363 e. The van der Waals surface area contributed by atoms with Gasteiger partial charge in [0.25, 0.3) is 0 Å². The van der Waals surface area contributed by atoms with Gasteiger partial charge in [-0.2, -0.15) is 0 Å². The molecule has 1 aromatic heterocycles. The summed E-state index contributed by atoms with van der Waals surface area (Å²) in [6.07, 6.45) is 4.43. The zero-order chi connectivity index (χ0) is 10.1. The molecule has 2 nitrogen and oxygen atoms in total. The van der Waals surface area contributed by atoms with Gasteiger partial charge in [-0.3, -0.25) is 0 Å². The molecule has 2 N–H and O–H groups in total. The van der Waals surface area contributed by atoms with Gasteiger partial charge in [0, 0.05) is 30.4 Å². The summed E-state index contributed by atoms with van der Waals surface area (Å²) >= 11 is 0. The van der Waals surface area contributed by atoms with E-state index in [4.69, 9.17) is 0 Å². The van der Waals surface area contributed by atoms with Gasteiger partial charge in [-0.05, 0) is 24.0 Å². The van der Waals surface area contributed by atoms with E-state index >= 15 is 0 Å². The fraction of sp³-hybridized carbons (Fsp3) is 0.667. The first-order chi connectivity index (χ1) is 6.72. The Labute approximate surface area is 86.1 Å². The van der Waals surface area contributed by atoms with Gasteiger partial charge in [0.1, 0.15) is 0 Å². The summed E-state index contributed by atoms with van der Waals surface area (Å²) in [6, 6.07) is 3.40. The van der Waals surface area contributed by atoms with Crippen molar-refractivity contribution in [1.29, 1.82) is 0 Å². The van der Waals surface area contributed by atoms with Crippen LogP contribution in [0.1, 0.15) is 44.5 Å². The molecule has 0 unspecified atom stereocenters. The molecular weight excluding hydrogens is 172 g/mol. The molecule has 0 bridgehead atoms. The predicted molar refractivity (Wildman–Crippen MR) is 59.3 cm³/mol. The maximum absolute atomic E-state index is 3.72. The Morgan fingerprint density at radius 2 is 2.29 bits per heavy atom. The Balaban J connectivity index is 2.27. The summed E-state index contributed by atoms with van der Waals surface area (Å²) in [6.45, 7) is 6.82. The lowest BCUT2D eigenvalue weighted by Crippen LogP contribution is -2.40. The SMILES string of the molecule is CC[C@@H]1Cc2[nH]ccc2[C@H](C(C)C)N1. The molecule has 2 atom stereocenters. The monoisotopic (exact) mass is 192 g/mol. The summed E-state index contributed by atoms with van der Waals surface area (Å²) in [5.41, 5.74) is 2.92. The highest BCUT2D eigenvalue weighted by atomic mass is 15.0. The van der Waals surface area contributed by atoms with E-state index in [2.05, 4.69) is 43.3 Å². The van der Waals surface area contributed by atoms with Crippen molar-refractivity contribution in [2.45, 2.75) is 45.7 Å². The Morgan fingerprint density at radius 1 is 1.50 bits per heavy atom. The second-order valence-corrected chi connectivity index (χ2v) is 4.61. The maximum atomic E-state index is 3.72. The third-order valence-corrected chi connectivity index (χ3v) is 3.23. The molecule has 1 aromatic rings. The Morgan fingerprint density at radius 3 is 2.93 bits per heavy atom. The minimum Gasteiger partial charge on any atom is -0.365 e. The first kappa shape index (κ1) is 9.78. The van der Waals surface area contributed by atoms with Crippen LogP contribution in [-0.4, -0.2) is 11.0 Å². The van der Waals surface area contributed by atoms with Crippen LogP contribution < -0.4 is 5.32 Å². The smallest absolute Gasteiger partial charge is 0.0363 e. The summed E-state index contributed by atoms with van der Waals surface area (Å²) < 4.78 is 0. The summed E-state index contributed by atoms with van der Waals surface area (Å²) in [4.78, 5) is 3.37. The lowest BCUT2D eigenvalue weighted by atomic mass is 9.88. The third kappa shape index (κ3) is 1.59. The van der Waals surface area contributed by atoms with Crippen LogP contribution in [-0.2, 0) is 6.42 Å². The van der Waals surface area contributed by atoms with E-state index < -0.39 is 0 Å². The first-order valence-electron chi connectivity index (χ1n) is 5.64. The van der Waals surface area contributed by atoms with Crippen molar-refractivity contribution in [3.8, 4) is 0 Å². The Bertz CT molecular complexity index is 301. The molecule has 0 fully saturated rings. The van der Waals surface area contributed by atoms with Crippen LogP contribution in [0.5, 0.6) is 0 Å². The fourth-order valence-electron chi connectivity index (χ4n) is 2.35. The van der Waals surface area contributed by atoms with Crippen LogP contribution in [0.25, 0.3) is 0 Å². The normalized spacial score (nSPS) is 26.6. The number of aromatic amines is 1. The molecule has 2 heterocycles. The lowest BCUT2D eigenvalue weighted by Gasteiger charge is -2.33. The zero-order valence-electron chi connectivity index (χ0n) is 9.30. The zero-order valence-corrected chi connectivity index (χ0v) is 9.30. The van der Waals surface area contributed by atoms with Crippen LogP contribution in [0.2, 0.25) is 0 Å². The van der Waals surface area contributed by atoms with E-state index in [1.165, 1.54) is 17.7 Å². The highest BCUT2D eigenvalue weighted by Gasteiger charge is 2.27. The van der Waals surface area contributed by atoms with Gasteiger partial charge >= 0.3 is 0 Å². The van der Waals surface area contributed by atoms with Gasteiger partial charge < -0.3 is 10.3 Å². The molecular formula is C12H20N2. The first-order valence-corrected chi connectivity index (χ1v) is 5.64. The lowest BCUT2D eigenvalue weighted by molar-refractivity contribution is 0.327. The topological polar surface area (TPSA) is 27.8 Å². The molecule has 1 aliphatic heterocycles. The van der Waals surface area contributed by atoms with Crippen LogP contribution >= 0.6 is 0 Å². The average molecular weight is 192 g/mol. The molecule has 1 aliphatic rings. The molecule has 14 heavy (non-hydrogen) atoms. The van der Waals surface area contributed by atoms with E-state index in [0.717, 1.165) is 6.42 Å². The molecule has 0 amide bonds. The van der Waals surface area contributed by atoms with Crippen molar-refractivity contribution in [1.82, 2.24) is 10.3 Å². The van der Waals surface area contributed by atoms with Crippen molar-refractivity contribution in [3.05, 3.63) is 23.5 Å². The second kappa shape index (κ2) is 3.77. The number of aromatic nitrogens is 1. The van der Waals surface area contributed by atoms with Crippen molar-refractivity contribution >= 4 is 0 Å². The third-order valence-electron chi connectivity index (χ3n) is 3.23. The molecule has 0 radical (unpaired) electrons. The molecule has 78 valence electrons. The van der Waals surface area contributed by atoms with Crippen molar-refractivity contribution in [3.63, 3.8) is 0 Å². The van der Waals surface area contributed by atoms with E-state index in [9.17, 15) is 0 Å². The van der Waals surface area contributed by atoms with Gasteiger partial charge in [-0.15, -0.1) is 0 Å². The summed E-state index contributed by atoms with van der Waals surface area (Å²) in [5.74, 6) is 0.666. The molecule has 0 aromatic carbocycles. The van der Waals surface area contributed by atoms with Crippen molar-refractivity contribution in [2.24, 2.45) is 5.92 Å². The van der Waals surface area contributed by atoms with Gasteiger partial charge in [-0.1, -0.05) is 20.8 Å². The van der Waals surface area contributed by atoms with Crippen molar-refractivity contribution < 1.29 is 0 Å². The number of nitrogens with one attached hydrogen (secondary N) is 2. The molecule has 0 saturated heterocycles. The number of rotatable bonds is 2. The van der Waals surface area contributed by atoms with E-state index in [1.54, 1.807) is 0 Å².